The molecule has 0 saturated carbocycles. The molecule has 2 aromatic carbocycles. The summed E-state index contributed by atoms with van der Waals surface area (Å²) in [6.07, 6.45) is 1.12. The lowest BCUT2D eigenvalue weighted by atomic mass is 10.1. The molecule has 2 nitrogen and oxygen atoms in total. The standard InChI is InChI=1S/C15H12BrClO2/c16-14-9-13(17)8-12(6-7-18)15(14)19-10-11-4-2-1-3-5-11/h1-5,7-9H,6,10H2. The van der Waals surface area contributed by atoms with Crippen LogP contribution in [0.5, 0.6) is 5.75 Å². The molecule has 2 aromatic rings. The number of benzene rings is 2. The first-order chi connectivity index (χ1) is 9.20. The molecule has 4 heteroatoms. The first-order valence-corrected chi connectivity index (χ1v) is 6.96. The Morgan fingerprint density at radius 1 is 1.21 bits per heavy atom. The Labute approximate surface area is 125 Å². The fourth-order valence-electron chi connectivity index (χ4n) is 1.75. The highest BCUT2D eigenvalue weighted by Crippen LogP contribution is 2.33. The van der Waals surface area contributed by atoms with Crippen molar-refractivity contribution in [2.45, 2.75) is 13.0 Å². The summed E-state index contributed by atoms with van der Waals surface area (Å²) < 4.78 is 6.55. The smallest absolute Gasteiger partial charge is 0.137 e. The molecule has 19 heavy (non-hydrogen) atoms. The summed E-state index contributed by atoms with van der Waals surface area (Å²) in [6, 6.07) is 13.4. The molecule has 0 bridgehead atoms. The molecule has 0 spiro atoms. The van der Waals surface area contributed by atoms with Crippen molar-refractivity contribution < 1.29 is 9.53 Å². The van der Waals surface area contributed by atoms with Gasteiger partial charge in [0.25, 0.3) is 0 Å². The average molecular weight is 340 g/mol. The van der Waals surface area contributed by atoms with Gasteiger partial charge in [-0.25, -0.2) is 0 Å². The van der Waals surface area contributed by atoms with Crippen molar-refractivity contribution in [1.29, 1.82) is 0 Å². The van der Waals surface area contributed by atoms with Gasteiger partial charge in [-0.3, -0.25) is 0 Å². The molecule has 0 aromatic heterocycles. The summed E-state index contributed by atoms with van der Waals surface area (Å²) in [6.45, 7) is 0.451. The summed E-state index contributed by atoms with van der Waals surface area (Å²) >= 11 is 9.39. The first kappa shape index (κ1) is 14.1. The Bertz CT molecular complexity index is 570. The van der Waals surface area contributed by atoms with Gasteiger partial charge < -0.3 is 9.53 Å². The molecule has 0 aliphatic heterocycles. The van der Waals surface area contributed by atoms with Gasteiger partial charge >= 0.3 is 0 Å². The van der Waals surface area contributed by atoms with Crippen LogP contribution in [0, 0.1) is 0 Å². The molecule has 0 saturated heterocycles. The van der Waals surface area contributed by atoms with E-state index in [0.29, 0.717) is 17.4 Å². The number of rotatable bonds is 5. The maximum absolute atomic E-state index is 10.7. The Kier molecular flexibility index (Phi) is 5.00. The lowest BCUT2D eigenvalue weighted by molar-refractivity contribution is -0.107. The highest BCUT2D eigenvalue weighted by molar-refractivity contribution is 9.10. The lowest BCUT2D eigenvalue weighted by Gasteiger charge is -2.13. The summed E-state index contributed by atoms with van der Waals surface area (Å²) in [4.78, 5) is 10.7. The zero-order chi connectivity index (χ0) is 13.7. The van der Waals surface area contributed by atoms with Crippen molar-refractivity contribution in [3.05, 3.63) is 63.1 Å². The third kappa shape index (κ3) is 3.82. The van der Waals surface area contributed by atoms with Crippen LogP contribution in [-0.2, 0) is 17.8 Å². The van der Waals surface area contributed by atoms with Gasteiger partial charge in [-0.1, -0.05) is 41.9 Å². The molecule has 0 heterocycles. The van der Waals surface area contributed by atoms with Crippen LogP contribution in [0.1, 0.15) is 11.1 Å². The zero-order valence-electron chi connectivity index (χ0n) is 10.1. The molecule has 0 atom stereocenters. The van der Waals surface area contributed by atoms with Crippen LogP contribution in [0.15, 0.2) is 46.9 Å². The maximum Gasteiger partial charge on any atom is 0.137 e. The minimum atomic E-state index is 0.281. The van der Waals surface area contributed by atoms with E-state index in [0.717, 1.165) is 21.9 Å². The summed E-state index contributed by atoms with van der Waals surface area (Å²) in [5.74, 6) is 0.667. The fraction of sp³-hybridized carbons (Fsp3) is 0.133. The van der Waals surface area contributed by atoms with Gasteiger partial charge in [-0.2, -0.15) is 0 Å². The maximum atomic E-state index is 10.7. The van der Waals surface area contributed by atoms with Crippen LogP contribution in [-0.4, -0.2) is 6.29 Å². The van der Waals surface area contributed by atoms with Crippen molar-refractivity contribution >= 4 is 33.8 Å². The minimum absolute atomic E-state index is 0.281. The molecule has 0 radical (unpaired) electrons. The van der Waals surface area contributed by atoms with Gasteiger partial charge in [0.05, 0.1) is 4.47 Å². The van der Waals surface area contributed by atoms with E-state index in [2.05, 4.69) is 15.9 Å². The summed E-state index contributed by atoms with van der Waals surface area (Å²) in [5.41, 5.74) is 1.85. The monoisotopic (exact) mass is 338 g/mol. The molecule has 0 aliphatic carbocycles. The SMILES string of the molecule is O=CCc1cc(Cl)cc(Br)c1OCc1ccccc1. The molecular weight excluding hydrogens is 328 g/mol. The normalized spacial score (nSPS) is 10.2. The highest BCUT2D eigenvalue weighted by Gasteiger charge is 2.10. The number of ether oxygens (including phenoxy) is 1. The molecule has 0 fully saturated rings. The zero-order valence-corrected chi connectivity index (χ0v) is 12.4. The van der Waals surface area contributed by atoms with E-state index in [1.165, 1.54) is 0 Å². The summed E-state index contributed by atoms with van der Waals surface area (Å²) in [5, 5.41) is 0.579. The molecule has 0 N–H and O–H groups in total. The molecule has 0 amide bonds. The van der Waals surface area contributed by atoms with Crippen LogP contribution >= 0.6 is 27.5 Å². The van der Waals surface area contributed by atoms with Crippen LogP contribution in [0.3, 0.4) is 0 Å². The van der Waals surface area contributed by atoms with Gasteiger partial charge in [-0.05, 0) is 33.6 Å². The Morgan fingerprint density at radius 3 is 2.63 bits per heavy atom. The van der Waals surface area contributed by atoms with E-state index in [9.17, 15) is 4.79 Å². The van der Waals surface area contributed by atoms with Crippen molar-refractivity contribution in [2.75, 3.05) is 0 Å². The van der Waals surface area contributed by atoms with Gasteiger partial charge in [0, 0.05) is 17.0 Å². The topological polar surface area (TPSA) is 26.3 Å². The van der Waals surface area contributed by atoms with Crippen molar-refractivity contribution in [3.63, 3.8) is 0 Å². The van der Waals surface area contributed by atoms with Crippen LogP contribution in [0.2, 0.25) is 5.02 Å². The predicted octanol–water partition coefficient (Wildman–Crippen LogP) is 4.42. The average Bonchev–Trinajstić information content (AvgIpc) is 2.39. The van der Waals surface area contributed by atoms with E-state index in [4.69, 9.17) is 16.3 Å². The second kappa shape index (κ2) is 6.73. The highest BCUT2D eigenvalue weighted by atomic mass is 79.9. The second-order valence-corrected chi connectivity index (χ2v) is 5.31. The third-order valence-electron chi connectivity index (χ3n) is 2.61. The molecule has 0 unspecified atom stereocenters. The first-order valence-electron chi connectivity index (χ1n) is 5.79. The second-order valence-electron chi connectivity index (χ2n) is 4.02. The lowest BCUT2D eigenvalue weighted by Crippen LogP contribution is -2.00. The van der Waals surface area contributed by atoms with E-state index in [1.54, 1.807) is 12.1 Å². The van der Waals surface area contributed by atoms with Gasteiger partial charge in [0.2, 0.25) is 0 Å². The molecule has 98 valence electrons. The largest absolute Gasteiger partial charge is 0.487 e. The van der Waals surface area contributed by atoms with Crippen molar-refractivity contribution in [3.8, 4) is 5.75 Å². The Morgan fingerprint density at radius 2 is 1.95 bits per heavy atom. The number of aldehydes is 1. The quantitative estimate of drug-likeness (QED) is 0.754. The molecular formula is C15H12BrClO2. The van der Waals surface area contributed by atoms with E-state index >= 15 is 0 Å². The van der Waals surface area contributed by atoms with Gasteiger partial charge in [0.1, 0.15) is 18.6 Å². The Hall–Kier alpha value is -1.32. The van der Waals surface area contributed by atoms with E-state index < -0.39 is 0 Å². The van der Waals surface area contributed by atoms with E-state index in [1.807, 2.05) is 30.3 Å². The number of hydrogen-bond donors (Lipinski definition) is 0. The van der Waals surface area contributed by atoms with Gasteiger partial charge in [-0.15, -0.1) is 0 Å². The number of carbonyl (C=O) groups excluding carboxylic acids is 1. The predicted molar refractivity (Wildman–Crippen MR) is 79.7 cm³/mol. The third-order valence-corrected chi connectivity index (χ3v) is 3.42. The van der Waals surface area contributed by atoms with Crippen molar-refractivity contribution in [1.82, 2.24) is 0 Å². The van der Waals surface area contributed by atoms with E-state index in [-0.39, 0.29) is 6.42 Å². The fourth-order valence-corrected chi connectivity index (χ4v) is 2.73. The minimum Gasteiger partial charge on any atom is -0.487 e. The Balaban J connectivity index is 2.21. The summed E-state index contributed by atoms with van der Waals surface area (Å²) in [7, 11) is 0. The van der Waals surface area contributed by atoms with Crippen LogP contribution < -0.4 is 4.74 Å². The molecule has 0 aliphatic rings. The number of hydrogen-bond acceptors (Lipinski definition) is 2. The van der Waals surface area contributed by atoms with Crippen molar-refractivity contribution in [2.24, 2.45) is 0 Å². The molecule has 2 rings (SSSR count). The number of carbonyl (C=O) groups is 1. The van der Waals surface area contributed by atoms with Crippen LogP contribution in [0.25, 0.3) is 0 Å². The van der Waals surface area contributed by atoms with Gasteiger partial charge in [0.15, 0.2) is 0 Å². The number of halogens is 2. The van der Waals surface area contributed by atoms with Crippen LogP contribution in [0.4, 0.5) is 0 Å².